The minimum atomic E-state index is -0.743. The first-order chi connectivity index (χ1) is 6.06. The molecule has 0 aliphatic carbocycles. The van der Waals surface area contributed by atoms with Crippen LogP contribution in [-0.4, -0.2) is 13.3 Å². The molecular weight excluding hydrogens is 190 g/mol. The smallest absolute Gasteiger partial charge is 0.437 e. The fourth-order valence-electron chi connectivity index (χ4n) is 0.932. The second kappa shape index (κ2) is 3.66. The molecule has 0 aliphatic rings. The standard InChI is InChI=1S/C8H11NO3S/c1-4-6(9)7(5(2)13-4)12-8(10)11-3/h9H2,1-3H3. The summed E-state index contributed by atoms with van der Waals surface area (Å²) < 4.78 is 9.23. The number of carbonyl (C=O) groups excluding carboxylic acids is 1. The normalized spacial score (nSPS) is 9.77. The van der Waals surface area contributed by atoms with Crippen LogP contribution in [0.3, 0.4) is 0 Å². The molecule has 0 fully saturated rings. The van der Waals surface area contributed by atoms with Gasteiger partial charge in [0.25, 0.3) is 0 Å². The lowest BCUT2D eigenvalue weighted by Gasteiger charge is -2.02. The summed E-state index contributed by atoms with van der Waals surface area (Å²) in [4.78, 5) is 12.6. The Kier molecular flexibility index (Phi) is 2.77. The van der Waals surface area contributed by atoms with Crippen molar-refractivity contribution < 1.29 is 14.3 Å². The molecule has 0 bridgehead atoms. The highest BCUT2D eigenvalue weighted by Gasteiger charge is 2.15. The number of methoxy groups -OCH3 is 1. The zero-order chi connectivity index (χ0) is 10.0. The molecule has 0 atom stereocenters. The van der Waals surface area contributed by atoms with Crippen LogP contribution < -0.4 is 10.5 Å². The third-order valence-corrected chi connectivity index (χ3v) is 2.62. The Bertz CT molecular complexity index is 332. The molecule has 0 aliphatic heterocycles. The fraction of sp³-hybridized carbons (Fsp3) is 0.375. The molecule has 0 saturated carbocycles. The summed E-state index contributed by atoms with van der Waals surface area (Å²) in [6.45, 7) is 3.71. The van der Waals surface area contributed by atoms with Crippen LogP contribution in [0.5, 0.6) is 5.75 Å². The first-order valence-electron chi connectivity index (χ1n) is 3.67. The van der Waals surface area contributed by atoms with E-state index in [4.69, 9.17) is 10.5 Å². The second-order valence-corrected chi connectivity index (χ2v) is 3.94. The highest BCUT2D eigenvalue weighted by molar-refractivity contribution is 7.12. The Morgan fingerprint density at radius 2 is 2.00 bits per heavy atom. The summed E-state index contributed by atoms with van der Waals surface area (Å²) in [7, 11) is 1.26. The van der Waals surface area contributed by atoms with Gasteiger partial charge >= 0.3 is 6.16 Å². The Hall–Kier alpha value is -1.23. The number of ether oxygens (including phenoxy) is 2. The summed E-state index contributed by atoms with van der Waals surface area (Å²) >= 11 is 1.49. The van der Waals surface area contributed by atoms with Crippen LogP contribution in [0.4, 0.5) is 10.5 Å². The van der Waals surface area contributed by atoms with Crippen LogP contribution in [0.2, 0.25) is 0 Å². The first kappa shape index (κ1) is 9.85. The topological polar surface area (TPSA) is 61.5 Å². The number of rotatable bonds is 1. The Morgan fingerprint density at radius 3 is 2.38 bits per heavy atom. The van der Waals surface area contributed by atoms with Crippen molar-refractivity contribution in [3.8, 4) is 5.75 Å². The van der Waals surface area contributed by atoms with Gasteiger partial charge in [0, 0.05) is 9.75 Å². The van der Waals surface area contributed by atoms with Gasteiger partial charge in [-0.05, 0) is 13.8 Å². The number of carbonyl (C=O) groups is 1. The molecule has 0 aromatic carbocycles. The molecule has 0 saturated heterocycles. The molecule has 0 spiro atoms. The van der Waals surface area contributed by atoms with Crippen LogP contribution in [-0.2, 0) is 4.74 Å². The van der Waals surface area contributed by atoms with Crippen LogP contribution in [0.25, 0.3) is 0 Å². The molecule has 0 unspecified atom stereocenters. The van der Waals surface area contributed by atoms with Gasteiger partial charge < -0.3 is 15.2 Å². The molecule has 5 heteroatoms. The molecular formula is C8H11NO3S. The first-order valence-corrected chi connectivity index (χ1v) is 4.49. The summed E-state index contributed by atoms with van der Waals surface area (Å²) in [5, 5.41) is 0. The van der Waals surface area contributed by atoms with Crippen molar-refractivity contribution in [3.05, 3.63) is 9.75 Å². The quantitative estimate of drug-likeness (QED) is 0.707. The third kappa shape index (κ3) is 1.92. The molecule has 2 N–H and O–H groups in total. The number of nitrogen functional groups attached to an aromatic ring is 1. The van der Waals surface area contributed by atoms with Crippen molar-refractivity contribution >= 4 is 23.2 Å². The van der Waals surface area contributed by atoms with E-state index in [0.717, 1.165) is 9.75 Å². The minimum Gasteiger partial charge on any atom is -0.437 e. The summed E-state index contributed by atoms with van der Waals surface area (Å²) in [6, 6.07) is 0. The molecule has 1 aromatic rings. The number of anilines is 1. The van der Waals surface area contributed by atoms with Crippen LogP contribution in [0.1, 0.15) is 9.75 Å². The fourth-order valence-corrected chi connectivity index (χ4v) is 1.84. The van der Waals surface area contributed by atoms with E-state index >= 15 is 0 Å². The lowest BCUT2D eigenvalue weighted by Crippen LogP contribution is -2.08. The van der Waals surface area contributed by atoms with Gasteiger partial charge in [0.15, 0.2) is 5.75 Å². The van der Waals surface area contributed by atoms with Crippen molar-refractivity contribution in [2.45, 2.75) is 13.8 Å². The maximum Gasteiger partial charge on any atom is 0.513 e. The molecule has 72 valence electrons. The average Bonchev–Trinajstić information content (AvgIpc) is 2.32. The number of thiophene rings is 1. The predicted molar refractivity (Wildman–Crippen MR) is 51.2 cm³/mol. The number of nitrogens with two attached hydrogens (primary N) is 1. The summed E-state index contributed by atoms with van der Waals surface area (Å²) in [5.41, 5.74) is 6.19. The van der Waals surface area contributed by atoms with Gasteiger partial charge in [-0.2, -0.15) is 0 Å². The van der Waals surface area contributed by atoms with Gasteiger partial charge in [-0.25, -0.2) is 4.79 Å². The van der Waals surface area contributed by atoms with Gasteiger partial charge in [-0.3, -0.25) is 0 Å². The van der Waals surface area contributed by atoms with Gasteiger partial charge in [0.05, 0.1) is 12.8 Å². The van der Waals surface area contributed by atoms with E-state index in [2.05, 4.69) is 4.74 Å². The largest absolute Gasteiger partial charge is 0.513 e. The lowest BCUT2D eigenvalue weighted by molar-refractivity contribution is 0.121. The van der Waals surface area contributed by atoms with Crippen molar-refractivity contribution in [1.29, 1.82) is 0 Å². The van der Waals surface area contributed by atoms with E-state index in [1.165, 1.54) is 18.4 Å². The van der Waals surface area contributed by atoms with Crippen molar-refractivity contribution in [2.75, 3.05) is 12.8 Å². The monoisotopic (exact) mass is 201 g/mol. The van der Waals surface area contributed by atoms with Gasteiger partial charge in [-0.15, -0.1) is 11.3 Å². The van der Waals surface area contributed by atoms with E-state index in [-0.39, 0.29) is 0 Å². The number of hydrogen-bond acceptors (Lipinski definition) is 5. The SMILES string of the molecule is COC(=O)Oc1c(C)sc(C)c1N. The lowest BCUT2D eigenvalue weighted by atomic mass is 10.3. The maximum absolute atomic E-state index is 10.8. The van der Waals surface area contributed by atoms with E-state index in [1.54, 1.807) is 0 Å². The predicted octanol–water partition coefficient (Wildman–Crippen LogP) is 2.09. The van der Waals surface area contributed by atoms with E-state index in [1.807, 2.05) is 13.8 Å². The van der Waals surface area contributed by atoms with Crippen molar-refractivity contribution in [2.24, 2.45) is 0 Å². The third-order valence-electron chi connectivity index (χ3n) is 1.60. The Labute approximate surface area is 80.3 Å². The Morgan fingerprint density at radius 1 is 1.38 bits per heavy atom. The van der Waals surface area contributed by atoms with Crippen LogP contribution in [0, 0.1) is 13.8 Å². The number of aryl methyl sites for hydroxylation is 2. The van der Waals surface area contributed by atoms with E-state index < -0.39 is 6.16 Å². The molecule has 1 rings (SSSR count). The molecule has 13 heavy (non-hydrogen) atoms. The van der Waals surface area contributed by atoms with Crippen LogP contribution in [0.15, 0.2) is 0 Å². The highest BCUT2D eigenvalue weighted by atomic mass is 32.1. The molecule has 0 radical (unpaired) electrons. The summed E-state index contributed by atoms with van der Waals surface area (Å²) in [5.74, 6) is 0.411. The Balaban J connectivity index is 2.94. The minimum absolute atomic E-state index is 0.411. The second-order valence-electron chi connectivity index (χ2n) is 2.51. The van der Waals surface area contributed by atoms with E-state index in [0.29, 0.717) is 11.4 Å². The molecule has 1 aromatic heterocycles. The molecule has 0 amide bonds. The maximum atomic E-state index is 10.8. The zero-order valence-corrected chi connectivity index (χ0v) is 8.53. The van der Waals surface area contributed by atoms with Gasteiger partial charge in [0.1, 0.15) is 0 Å². The zero-order valence-electron chi connectivity index (χ0n) is 7.71. The van der Waals surface area contributed by atoms with Gasteiger partial charge in [0.2, 0.25) is 0 Å². The average molecular weight is 201 g/mol. The summed E-state index contributed by atoms with van der Waals surface area (Å²) in [6.07, 6.45) is -0.743. The molecule has 1 heterocycles. The van der Waals surface area contributed by atoms with Crippen molar-refractivity contribution in [3.63, 3.8) is 0 Å². The van der Waals surface area contributed by atoms with Crippen molar-refractivity contribution in [1.82, 2.24) is 0 Å². The molecule has 4 nitrogen and oxygen atoms in total. The van der Waals surface area contributed by atoms with E-state index in [9.17, 15) is 4.79 Å². The number of hydrogen-bond donors (Lipinski definition) is 1. The van der Waals surface area contributed by atoms with Crippen LogP contribution >= 0.6 is 11.3 Å². The highest BCUT2D eigenvalue weighted by Crippen LogP contribution is 2.36. The van der Waals surface area contributed by atoms with Gasteiger partial charge in [-0.1, -0.05) is 0 Å².